The summed E-state index contributed by atoms with van der Waals surface area (Å²) >= 11 is 1.79. The number of hydrogen-bond donors (Lipinski definition) is 1. The predicted molar refractivity (Wildman–Crippen MR) is 96.0 cm³/mol. The number of carbonyl (C=O) groups is 1. The zero-order chi connectivity index (χ0) is 13.7. The van der Waals surface area contributed by atoms with Gasteiger partial charge in [0, 0.05) is 38.5 Å². The van der Waals surface area contributed by atoms with Crippen LogP contribution in [0.1, 0.15) is 13.8 Å². The van der Waals surface area contributed by atoms with Crippen molar-refractivity contribution in [1.82, 2.24) is 15.1 Å². The summed E-state index contributed by atoms with van der Waals surface area (Å²) in [5.41, 5.74) is 0. The van der Waals surface area contributed by atoms with Gasteiger partial charge in [-0.25, -0.2) is 0 Å². The quantitative estimate of drug-likeness (QED) is 0.701. The maximum Gasteiger partial charge on any atom is 0.232 e. The molecule has 2 aliphatic rings. The number of amides is 1. The minimum absolute atomic E-state index is 0. The molecule has 0 aromatic heterocycles. The number of fused-ring (bicyclic) bond motifs is 1. The van der Waals surface area contributed by atoms with Crippen LogP contribution in [0.15, 0.2) is 0 Å². The number of carbonyl (C=O) groups excluding carboxylic acids is 1. The highest BCUT2D eigenvalue weighted by Crippen LogP contribution is 2.26. The Labute approximate surface area is 145 Å². The summed E-state index contributed by atoms with van der Waals surface area (Å²) < 4.78 is 0. The monoisotopic (exact) mass is 357 g/mol. The fourth-order valence-electron chi connectivity index (χ4n) is 3.04. The van der Waals surface area contributed by atoms with E-state index in [1.807, 2.05) is 0 Å². The highest BCUT2D eigenvalue weighted by atomic mass is 35.5. The Bertz CT molecular complexity index is 294. The van der Waals surface area contributed by atoms with Crippen LogP contribution in [0.4, 0.5) is 0 Å². The first-order chi connectivity index (χ1) is 9.24. The van der Waals surface area contributed by atoms with Crippen LogP contribution in [0, 0.1) is 11.8 Å². The molecule has 0 spiro atoms. The number of nitrogens with zero attached hydrogens (tertiary/aromatic N) is 2. The summed E-state index contributed by atoms with van der Waals surface area (Å²) in [6.45, 7) is 11.8. The number of halogens is 2. The number of likely N-dealkylation sites (tertiary alicyclic amines) is 1. The molecule has 2 aliphatic heterocycles. The largest absolute Gasteiger partial charge is 0.341 e. The Kier molecular flexibility index (Phi) is 11.1. The smallest absolute Gasteiger partial charge is 0.232 e. The van der Waals surface area contributed by atoms with E-state index in [9.17, 15) is 4.79 Å². The first kappa shape index (κ1) is 21.3. The molecule has 1 N–H and O–H groups in total. The van der Waals surface area contributed by atoms with Gasteiger partial charge in [-0.15, -0.1) is 24.8 Å². The van der Waals surface area contributed by atoms with Crippen LogP contribution < -0.4 is 5.32 Å². The normalized spacial score (nSPS) is 23.7. The highest BCUT2D eigenvalue weighted by molar-refractivity contribution is 7.99. The first-order valence-corrected chi connectivity index (χ1v) is 8.68. The second-order valence-electron chi connectivity index (χ2n) is 5.56. The summed E-state index contributed by atoms with van der Waals surface area (Å²) in [5, 5.41) is 3.41. The fourth-order valence-corrected chi connectivity index (χ4v) is 3.93. The number of nitrogens with one attached hydrogen (secondary N) is 1. The van der Waals surface area contributed by atoms with E-state index in [1.54, 1.807) is 11.8 Å². The van der Waals surface area contributed by atoms with Crippen LogP contribution in [0.5, 0.6) is 0 Å². The Morgan fingerprint density at radius 1 is 1.19 bits per heavy atom. The van der Waals surface area contributed by atoms with E-state index in [0.717, 1.165) is 51.6 Å². The second-order valence-corrected chi connectivity index (χ2v) is 6.66. The van der Waals surface area contributed by atoms with Gasteiger partial charge in [0.05, 0.1) is 5.75 Å². The molecule has 0 bridgehead atoms. The molecule has 126 valence electrons. The third kappa shape index (κ3) is 6.14. The average molecular weight is 358 g/mol. The van der Waals surface area contributed by atoms with Crippen LogP contribution in [-0.2, 0) is 4.79 Å². The minimum atomic E-state index is 0. The molecular formula is C14H29Cl2N3OS. The van der Waals surface area contributed by atoms with Crippen molar-refractivity contribution in [2.75, 3.05) is 57.3 Å². The van der Waals surface area contributed by atoms with Gasteiger partial charge in [0.25, 0.3) is 0 Å². The number of hydrogen-bond acceptors (Lipinski definition) is 4. The molecule has 2 atom stereocenters. The van der Waals surface area contributed by atoms with Gasteiger partial charge in [-0.2, -0.15) is 11.8 Å². The summed E-state index contributed by atoms with van der Waals surface area (Å²) in [7, 11) is 0. The molecule has 2 saturated heterocycles. The SMILES string of the molecule is CCN(CC)CCSCC(=O)N1C[C@H]2CNC[C@H]2C1.Cl.Cl. The lowest BCUT2D eigenvalue weighted by atomic mass is 10.0. The zero-order valence-electron chi connectivity index (χ0n) is 13.0. The van der Waals surface area contributed by atoms with Crippen molar-refractivity contribution < 1.29 is 4.79 Å². The van der Waals surface area contributed by atoms with Crippen molar-refractivity contribution >= 4 is 42.5 Å². The summed E-state index contributed by atoms with van der Waals surface area (Å²) in [6, 6.07) is 0. The van der Waals surface area contributed by atoms with Gasteiger partial charge in [0.1, 0.15) is 0 Å². The Hall–Kier alpha value is 0.320. The lowest BCUT2D eigenvalue weighted by Crippen LogP contribution is -2.33. The van der Waals surface area contributed by atoms with Crippen molar-refractivity contribution in [3.8, 4) is 0 Å². The average Bonchev–Trinajstić information content (AvgIpc) is 2.99. The molecule has 7 heteroatoms. The van der Waals surface area contributed by atoms with Crippen molar-refractivity contribution in [2.45, 2.75) is 13.8 Å². The van der Waals surface area contributed by atoms with E-state index in [4.69, 9.17) is 0 Å². The van der Waals surface area contributed by atoms with Gasteiger partial charge in [-0.1, -0.05) is 13.8 Å². The molecule has 2 rings (SSSR count). The summed E-state index contributed by atoms with van der Waals surface area (Å²) in [5.74, 6) is 3.50. The maximum absolute atomic E-state index is 12.1. The molecular weight excluding hydrogens is 329 g/mol. The number of thioether (sulfide) groups is 1. The van der Waals surface area contributed by atoms with Crippen molar-refractivity contribution in [3.63, 3.8) is 0 Å². The zero-order valence-corrected chi connectivity index (χ0v) is 15.5. The maximum atomic E-state index is 12.1. The standard InChI is InChI=1S/C14H27N3OS.2ClH/c1-3-16(4-2)5-6-19-11-14(18)17-9-12-7-15-8-13(12)10-17;;/h12-13,15H,3-11H2,1-2H3;2*1H/t12-,13+;;. The van der Waals surface area contributed by atoms with Crippen LogP contribution in [-0.4, -0.2) is 73.0 Å². The lowest BCUT2D eigenvalue weighted by molar-refractivity contribution is -0.127. The van der Waals surface area contributed by atoms with Gasteiger partial charge in [0.2, 0.25) is 5.91 Å². The van der Waals surface area contributed by atoms with Crippen molar-refractivity contribution in [2.24, 2.45) is 11.8 Å². The van der Waals surface area contributed by atoms with Crippen molar-refractivity contribution in [1.29, 1.82) is 0 Å². The second kappa shape index (κ2) is 10.9. The molecule has 21 heavy (non-hydrogen) atoms. The molecule has 2 heterocycles. The molecule has 0 aromatic rings. The van der Waals surface area contributed by atoms with Gasteiger partial charge in [0.15, 0.2) is 0 Å². The van der Waals surface area contributed by atoms with Crippen LogP contribution in [0.3, 0.4) is 0 Å². The Balaban J connectivity index is 0.00000200. The highest BCUT2D eigenvalue weighted by Gasteiger charge is 2.37. The topological polar surface area (TPSA) is 35.6 Å². The molecule has 4 nitrogen and oxygen atoms in total. The first-order valence-electron chi connectivity index (χ1n) is 7.53. The third-order valence-electron chi connectivity index (χ3n) is 4.41. The van der Waals surface area contributed by atoms with Gasteiger partial charge >= 0.3 is 0 Å². The Morgan fingerprint density at radius 2 is 1.76 bits per heavy atom. The molecule has 0 aliphatic carbocycles. The molecule has 0 radical (unpaired) electrons. The van der Waals surface area contributed by atoms with Crippen LogP contribution in [0.25, 0.3) is 0 Å². The summed E-state index contributed by atoms with van der Waals surface area (Å²) in [6.07, 6.45) is 0. The third-order valence-corrected chi connectivity index (χ3v) is 5.34. The molecule has 0 aromatic carbocycles. The predicted octanol–water partition coefficient (Wildman–Crippen LogP) is 1.58. The lowest BCUT2D eigenvalue weighted by Gasteiger charge is -2.19. The van der Waals surface area contributed by atoms with Gasteiger partial charge in [-0.05, 0) is 24.9 Å². The molecule has 0 unspecified atom stereocenters. The molecule has 2 fully saturated rings. The van der Waals surface area contributed by atoms with Crippen molar-refractivity contribution in [3.05, 3.63) is 0 Å². The van der Waals surface area contributed by atoms with E-state index in [2.05, 4.69) is 29.0 Å². The molecule has 0 saturated carbocycles. The van der Waals surface area contributed by atoms with Gasteiger partial charge < -0.3 is 15.1 Å². The van der Waals surface area contributed by atoms with E-state index in [-0.39, 0.29) is 24.8 Å². The summed E-state index contributed by atoms with van der Waals surface area (Å²) in [4.78, 5) is 16.6. The fraction of sp³-hybridized carbons (Fsp3) is 0.929. The van der Waals surface area contributed by atoms with Gasteiger partial charge in [-0.3, -0.25) is 4.79 Å². The van der Waals surface area contributed by atoms with Crippen LogP contribution in [0.2, 0.25) is 0 Å². The van der Waals surface area contributed by atoms with Crippen LogP contribution >= 0.6 is 36.6 Å². The van der Waals surface area contributed by atoms with E-state index >= 15 is 0 Å². The number of rotatable bonds is 7. The van der Waals surface area contributed by atoms with E-state index in [1.165, 1.54) is 0 Å². The molecule has 1 amide bonds. The van der Waals surface area contributed by atoms with E-state index in [0.29, 0.717) is 23.5 Å². The van der Waals surface area contributed by atoms with E-state index < -0.39 is 0 Å². The Morgan fingerprint density at radius 3 is 2.29 bits per heavy atom. The minimum Gasteiger partial charge on any atom is -0.341 e.